The molecule has 1 aliphatic heterocycles. The van der Waals surface area contributed by atoms with Crippen LogP contribution in [0.1, 0.15) is 11.1 Å². The normalized spacial score (nSPS) is 15.8. The molecule has 2 N–H and O–H groups in total. The van der Waals surface area contributed by atoms with Crippen LogP contribution < -0.4 is 5.43 Å². The quantitative estimate of drug-likeness (QED) is 0.808. The molecule has 0 amide bonds. The summed E-state index contributed by atoms with van der Waals surface area (Å²) in [5.41, 5.74) is 6.02. The zero-order valence-corrected chi connectivity index (χ0v) is 10.4. The molecule has 0 radical (unpaired) electrons. The van der Waals surface area contributed by atoms with Crippen LogP contribution in [0.5, 0.6) is 0 Å². The van der Waals surface area contributed by atoms with E-state index >= 15 is 0 Å². The largest absolute Gasteiger partial charge is 0.285 e. The number of hydrogen-bond acceptors (Lipinski definition) is 4. The highest BCUT2D eigenvalue weighted by atomic mass is 32.2. The zero-order valence-electron chi connectivity index (χ0n) is 9.58. The first-order chi connectivity index (χ1) is 8.84. The molecule has 3 rings (SSSR count). The molecule has 18 heavy (non-hydrogen) atoms. The van der Waals surface area contributed by atoms with Gasteiger partial charge in [0.25, 0.3) is 0 Å². The first-order valence-corrected chi connectivity index (χ1v) is 6.41. The van der Waals surface area contributed by atoms with E-state index in [0.717, 1.165) is 26.3 Å². The molecule has 2 aromatic rings. The molecule has 0 fully saturated rings. The van der Waals surface area contributed by atoms with Crippen molar-refractivity contribution in [3.05, 3.63) is 71.8 Å². The van der Waals surface area contributed by atoms with Crippen molar-refractivity contribution >= 4 is 22.6 Å². The first kappa shape index (κ1) is 11.3. The highest BCUT2D eigenvalue weighted by molar-refractivity contribution is 8.06. The lowest BCUT2D eigenvalue weighted by molar-refractivity contribution is -0.00932. The van der Waals surface area contributed by atoms with E-state index in [2.05, 4.69) is 5.43 Å². The number of nitrogens with one attached hydrogen (secondary N) is 1. The average molecular weight is 256 g/mol. The fraction of sp³-hybridized carbons (Fsp3) is 0. The summed E-state index contributed by atoms with van der Waals surface area (Å²) in [5, 5.41) is 9.64. The predicted octanol–water partition coefficient (Wildman–Crippen LogP) is 3.37. The Bertz CT molecular complexity index is 517. The van der Waals surface area contributed by atoms with E-state index in [1.54, 1.807) is 0 Å². The molecule has 0 atom stereocenters. The second kappa shape index (κ2) is 4.86. The van der Waals surface area contributed by atoms with Gasteiger partial charge >= 0.3 is 0 Å². The zero-order chi connectivity index (χ0) is 12.4. The summed E-state index contributed by atoms with van der Waals surface area (Å²) in [7, 11) is 0. The average Bonchev–Trinajstić information content (AvgIpc) is 2.83. The monoisotopic (exact) mass is 256 g/mol. The standard InChI is InChI=1S/C14H12N2OS/c17-16-15-13(11-7-3-1-4-8-11)14(18-16)12-9-5-2-6-10-12/h1-10,15,17H. The van der Waals surface area contributed by atoms with Crippen LogP contribution in [0.15, 0.2) is 60.7 Å². The molecular weight excluding hydrogens is 244 g/mol. The van der Waals surface area contributed by atoms with Gasteiger partial charge in [-0.15, -0.1) is 0 Å². The maximum atomic E-state index is 9.64. The van der Waals surface area contributed by atoms with E-state index in [-0.39, 0.29) is 0 Å². The Morgan fingerprint density at radius 2 is 1.39 bits per heavy atom. The van der Waals surface area contributed by atoms with Crippen LogP contribution in [0.4, 0.5) is 0 Å². The van der Waals surface area contributed by atoms with Crippen molar-refractivity contribution in [1.29, 1.82) is 0 Å². The van der Waals surface area contributed by atoms with Gasteiger partial charge in [-0.25, -0.2) is 0 Å². The summed E-state index contributed by atoms with van der Waals surface area (Å²) in [6.07, 6.45) is 0. The second-order valence-corrected chi connectivity index (χ2v) is 4.85. The number of nitrogens with zero attached hydrogens (tertiary/aromatic N) is 1. The summed E-state index contributed by atoms with van der Waals surface area (Å²) in [6.45, 7) is 0. The summed E-state index contributed by atoms with van der Waals surface area (Å²) < 4.78 is 1.03. The first-order valence-electron chi connectivity index (χ1n) is 5.63. The predicted molar refractivity (Wildman–Crippen MR) is 74.1 cm³/mol. The molecule has 2 aromatic carbocycles. The van der Waals surface area contributed by atoms with E-state index < -0.39 is 0 Å². The Hall–Kier alpha value is -1.75. The molecule has 0 aliphatic carbocycles. The van der Waals surface area contributed by atoms with Crippen molar-refractivity contribution in [2.75, 3.05) is 0 Å². The Morgan fingerprint density at radius 3 is 2.00 bits per heavy atom. The molecule has 1 aliphatic rings. The number of hydrogen-bond donors (Lipinski definition) is 2. The smallest absolute Gasteiger partial charge is 0.0750 e. The van der Waals surface area contributed by atoms with Gasteiger partial charge in [-0.2, -0.15) is 0 Å². The van der Waals surface area contributed by atoms with Crippen LogP contribution in [-0.4, -0.2) is 9.78 Å². The Labute approximate surface area is 110 Å². The summed E-state index contributed by atoms with van der Waals surface area (Å²) in [5.74, 6) is 0. The lowest BCUT2D eigenvalue weighted by Crippen LogP contribution is -2.21. The highest BCUT2D eigenvalue weighted by Gasteiger charge is 2.23. The van der Waals surface area contributed by atoms with Gasteiger partial charge < -0.3 is 0 Å². The highest BCUT2D eigenvalue weighted by Crippen LogP contribution is 2.39. The van der Waals surface area contributed by atoms with Crippen LogP contribution >= 0.6 is 11.9 Å². The van der Waals surface area contributed by atoms with Crippen LogP contribution in [-0.2, 0) is 0 Å². The van der Waals surface area contributed by atoms with Crippen molar-refractivity contribution in [1.82, 2.24) is 10.0 Å². The van der Waals surface area contributed by atoms with Gasteiger partial charge in [-0.3, -0.25) is 10.6 Å². The minimum absolute atomic E-state index is 0.925. The lowest BCUT2D eigenvalue weighted by atomic mass is 10.1. The third-order valence-corrected chi connectivity index (χ3v) is 3.60. The molecule has 3 nitrogen and oxygen atoms in total. The molecule has 0 unspecified atom stereocenters. The topological polar surface area (TPSA) is 35.5 Å². The minimum atomic E-state index is 0.925. The van der Waals surface area contributed by atoms with Crippen molar-refractivity contribution in [2.24, 2.45) is 0 Å². The van der Waals surface area contributed by atoms with Crippen molar-refractivity contribution in [3.63, 3.8) is 0 Å². The summed E-state index contributed by atoms with van der Waals surface area (Å²) in [6, 6.07) is 20.0. The Kier molecular flexibility index (Phi) is 3.06. The van der Waals surface area contributed by atoms with Gasteiger partial charge in [0.15, 0.2) is 0 Å². The molecule has 0 saturated heterocycles. The van der Waals surface area contributed by atoms with Crippen LogP contribution in [0.2, 0.25) is 0 Å². The van der Waals surface area contributed by atoms with Gasteiger partial charge in [0, 0.05) is 17.5 Å². The Balaban J connectivity index is 2.09. The van der Waals surface area contributed by atoms with Crippen molar-refractivity contribution < 1.29 is 5.21 Å². The van der Waals surface area contributed by atoms with Gasteiger partial charge in [0.2, 0.25) is 0 Å². The summed E-state index contributed by atoms with van der Waals surface area (Å²) in [4.78, 5) is 1.02. The summed E-state index contributed by atoms with van der Waals surface area (Å²) >= 11 is 1.28. The van der Waals surface area contributed by atoms with E-state index in [4.69, 9.17) is 0 Å². The fourth-order valence-electron chi connectivity index (χ4n) is 1.89. The van der Waals surface area contributed by atoms with E-state index in [9.17, 15) is 5.21 Å². The molecule has 0 spiro atoms. The van der Waals surface area contributed by atoms with Gasteiger partial charge in [0.1, 0.15) is 0 Å². The van der Waals surface area contributed by atoms with E-state index in [1.807, 2.05) is 60.7 Å². The lowest BCUT2D eigenvalue weighted by Gasteiger charge is -2.07. The molecule has 1 heterocycles. The van der Waals surface area contributed by atoms with Crippen molar-refractivity contribution in [2.45, 2.75) is 0 Å². The third-order valence-electron chi connectivity index (χ3n) is 2.71. The van der Waals surface area contributed by atoms with Gasteiger partial charge in [-0.05, 0) is 10.1 Å². The van der Waals surface area contributed by atoms with Crippen LogP contribution in [0.25, 0.3) is 10.6 Å². The number of hydrazine groups is 1. The van der Waals surface area contributed by atoms with Gasteiger partial charge in [0.05, 0.1) is 10.6 Å². The van der Waals surface area contributed by atoms with E-state index in [0.29, 0.717) is 0 Å². The molecule has 0 aromatic heterocycles. The van der Waals surface area contributed by atoms with Crippen LogP contribution in [0, 0.1) is 0 Å². The molecular formula is C14H12N2OS. The SMILES string of the molecule is ON1NC(c2ccccc2)=C(c2ccccc2)S1. The molecule has 4 heteroatoms. The molecule has 90 valence electrons. The minimum Gasteiger partial charge on any atom is -0.285 e. The van der Waals surface area contributed by atoms with Gasteiger partial charge in [-0.1, -0.05) is 60.7 Å². The third kappa shape index (κ3) is 2.13. The van der Waals surface area contributed by atoms with Crippen LogP contribution in [0.3, 0.4) is 0 Å². The molecule has 0 bridgehead atoms. The second-order valence-electron chi connectivity index (χ2n) is 3.91. The maximum Gasteiger partial charge on any atom is 0.0750 e. The number of rotatable bonds is 2. The maximum absolute atomic E-state index is 9.64. The van der Waals surface area contributed by atoms with E-state index in [1.165, 1.54) is 11.9 Å². The Morgan fingerprint density at radius 1 is 0.833 bits per heavy atom. The van der Waals surface area contributed by atoms with Crippen molar-refractivity contribution in [3.8, 4) is 0 Å². The fourth-order valence-corrected chi connectivity index (χ4v) is 2.69. The number of benzene rings is 2. The molecule has 0 saturated carbocycles.